The molecular formula is C14H22N2O2. The van der Waals surface area contributed by atoms with Crippen LogP contribution in [0.3, 0.4) is 0 Å². The van der Waals surface area contributed by atoms with Crippen LogP contribution in [0.25, 0.3) is 0 Å². The van der Waals surface area contributed by atoms with Crippen molar-refractivity contribution in [2.75, 3.05) is 44.0 Å². The molecule has 2 rings (SSSR count). The van der Waals surface area contributed by atoms with Crippen molar-refractivity contribution in [2.24, 2.45) is 0 Å². The molecule has 2 N–H and O–H groups in total. The number of ether oxygens (including phenoxy) is 2. The molecule has 0 radical (unpaired) electrons. The second-order valence-corrected chi connectivity index (χ2v) is 4.91. The molecule has 0 saturated carbocycles. The van der Waals surface area contributed by atoms with Crippen LogP contribution >= 0.6 is 0 Å². The van der Waals surface area contributed by atoms with Gasteiger partial charge < -0.3 is 20.1 Å². The van der Waals surface area contributed by atoms with Crippen molar-refractivity contribution in [1.29, 1.82) is 0 Å². The van der Waals surface area contributed by atoms with E-state index in [9.17, 15) is 0 Å². The number of benzene rings is 1. The Labute approximate surface area is 109 Å². The van der Waals surface area contributed by atoms with Crippen LogP contribution < -0.4 is 15.4 Å². The van der Waals surface area contributed by atoms with Gasteiger partial charge in [0, 0.05) is 24.8 Å². The smallest absolute Gasteiger partial charge is 0.144 e. The Morgan fingerprint density at radius 2 is 1.94 bits per heavy atom. The highest BCUT2D eigenvalue weighted by atomic mass is 16.5. The second-order valence-electron chi connectivity index (χ2n) is 4.91. The number of hydrogen-bond acceptors (Lipinski definition) is 4. The number of rotatable bonds is 3. The highest BCUT2D eigenvalue weighted by molar-refractivity contribution is 5.68. The van der Waals surface area contributed by atoms with E-state index in [1.165, 1.54) is 5.69 Å². The number of nitrogens with zero attached hydrogens (tertiary/aromatic N) is 1. The monoisotopic (exact) mass is 250 g/mol. The molecule has 1 heterocycles. The fourth-order valence-electron chi connectivity index (χ4n) is 2.28. The largest absolute Gasteiger partial charge is 0.495 e. The fraction of sp³-hybridized carbons (Fsp3) is 0.571. The van der Waals surface area contributed by atoms with E-state index in [1.807, 2.05) is 6.07 Å². The minimum absolute atomic E-state index is 0.389. The van der Waals surface area contributed by atoms with Crippen molar-refractivity contribution in [3.8, 4) is 5.75 Å². The van der Waals surface area contributed by atoms with Gasteiger partial charge >= 0.3 is 0 Å². The van der Waals surface area contributed by atoms with Crippen LogP contribution in [0, 0.1) is 0 Å². The maximum atomic E-state index is 6.12. The van der Waals surface area contributed by atoms with Gasteiger partial charge in [0.1, 0.15) is 5.75 Å². The summed E-state index contributed by atoms with van der Waals surface area (Å²) in [7, 11) is 1.67. The number of anilines is 2. The molecule has 0 atom stereocenters. The highest BCUT2D eigenvalue weighted by Gasteiger charge is 2.17. The molecule has 1 aromatic rings. The summed E-state index contributed by atoms with van der Waals surface area (Å²) in [6.45, 7) is 7.70. The van der Waals surface area contributed by atoms with Crippen molar-refractivity contribution >= 4 is 11.4 Å². The molecule has 4 nitrogen and oxygen atoms in total. The van der Waals surface area contributed by atoms with Crippen LogP contribution in [-0.4, -0.2) is 33.4 Å². The van der Waals surface area contributed by atoms with E-state index >= 15 is 0 Å². The van der Waals surface area contributed by atoms with E-state index in [0.717, 1.165) is 43.3 Å². The predicted molar refractivity (Wildman–Crippen MR) is 74.5 cm³/mol. The lowest BCUT2D eigenvalue weighted by Gasteiger charge is -2.30. The van der Waals surface area contributed by atoms with E-state index in [0.29, 0.717) is 5.92 Å². The Morgan fingerprint density at radius 3 is 2.50 bits per heavy atom. The number of nitrogens with two attached hydrogens (primary N) is 1. The maximum absolute atomic E-state index is 6.12. The molecule has 0 bridgehead atoms. The normalized spacial score (nSPS) is 16.1. The van der Waals surface area contributed by atoms with Crippen molar-refractivity contribution in [3.63, 3.8) is 0 Å². The van der Waals surface area contributed by atoms with Gasteiger partial charge in [-0.2, -0.15) is 0 Å². The van der Waals surface area contributed by atoms with Gasteiger partial charge in [0.2, 0.25) is 0 Å². The van der Waals surface area contributed by atoms with Crippen molar-refractivity contribution in [1.82, 2.24) is 0 Å². The lowest BCUT2D eigenvalue weighted by molar-refractivity contribution is 0.122. The molecule has 0 unspecified atom stereocenters. The predicted octanol–water partition coefficient (Wildman–Crippen LogP) is 2.24. The van der Waals surface area contributed by atoms with Crippen LogP contribution in [0.1, 0.15) is 25.3 Å². The van der Waals surface area contributed by atoms with E-state index in [1.54, 1.807) is 7.11 Å². The Hall–Kier alpha value is -1.42. The summed E-state index contributed by atoms with van der Waals surface area (Å²) in [4.78, 5) is 2.32. The Balaban J connectivity index is 2.37. The van der Waals surface area contributed by atoms with Crippen LogP contribution in [0.2, 0.25) is 0 Å². The zero-order valence-electron chi connectivity index (χ0n) is 11.4. The van der Waals surface area contributed by atoms with Crippen molar-refractivity contribution in [3.05, 3.63) is 17.7 Å². The molecule has 4 heteroatoms. The molecule has 1 fully saturated rings. The summed E-state index contributed by atoms with van der Waals surface area (Å²) >= 11 is 0. The lowest BCUT2D eigenvalue weighted by Crippen LogP contribution is -2.36. The number of hydrogen-bond donors (Lipinski definition) is 1. The summed E-state index contributed by atoms with van der Waals surface area (Å²) in [5.41, 5.74) is 9.20. The third-order valence-corrected chi connectivity index (χ3v) is 3.38. The van der Waals surface area contributed by atoms with Crippen LogP contribution in [0.4, 0.5) is 11.4 Å². The molecule has 0 aromatic heterocycles. The molecule has 0 amide bonds. The minimum atomic E-state index is 0.389. The first kappa shape index (κ1) is 13.0. The Bertz CT molecular complexity index is 413. The van der Waals surface area contributed by atoms with E-state index in [-0.39, 0.29) is 0 Å². The summed E-state index contributed by atoms with van der Waals surface area (Å²) in [6, 6.07) is 4.19. The first-order valence-corrected chi connectivity index (χ1v) is 6.43. The molecule has 1 aliphatic heterocycles. The zero-order valence-corrected chi connectivity index (χ0v) is 11.4. The molecule has 0 aliphatic carbocycles. The topological polar surface area (TPSA) is 47.7 Å². The van der Waals surface area contributed by atoms with Crippen molar-refractivity contribution in [2.45, 2.75) is 19.8 Å². The van der Waals surface area contributed by atoms with E-state index in [4.69, 9.17) is 15.2 Å². The summed E-state index contributed by atoms with van der Waals surface area (Å²) in [6.07, 6.45) is 0. The standard InChI is InChI=1S/C14H22N2O2/c1-10(2)12-8-11(9-13(17-3)14(12)15)16-4-6-18-7-5-16/h8-10H,4-7,15H2,1-3H3. The van der Waals surface area contributed by atoms with Crippen LogP contribution in [0.5, 0.6) is 5.75 Å². The average Bonchev–Trinajstić information content (AvgIpc) is 2.39. The van der Waals surface area contributed by atoms with Gasteiger partial charge in [-0.1, -0.05) is 13.8 Å². The molecule has 18 heavy (non-hydrogen) atoms. The summed E-state index contributed by atoms with van der Waals surface area (Å²) in [5, 5.41) is 0. The maximum Gasteiger partial charge on any atom is 0.144 e. The third kappa shape index (κ3) is 2.53. The molecule has 1 aliphatic rings. The number of methoxy groups -OCH3 is 1. The van der Waals surface area contributed by atoms with Gasteiger partial charge in [-0.05, 0) is 17.5 Å². The van der Waals surface area contributed by atoms with Gasteiger partial charge in [0.25, 0.3) is 0 Å². The van der Waals surface area contributed by atoms with E-state index < -0.39 is 0 Å². The van der Waals surface area contributed by atoms with Crippen molar-refractivity contribution < 1.29 is 9.47 Å². The van der Waals surface area contributed by atoms with Gasteiger partial charge in [0.15, 0.2) is 0 Å². The average molecular weight is 250 g/mol. The quantitative estimate of drug-likeness (QED) is 0.836. The lowest BCUT2D eigenvalue weighted by atomic mass is 9.99. The fourth-order valence-corrected chi connectivity index (χ4v) is 2.28. The Kier molecular flexibility index (Phi) is 3.97. The molecule has 1 aromatic carbocycles. The summed E-state index contributed by atoms with van der Waals surface area (Å²) in [5.74, 6) is 1.16. The first-order valence-electron chi connectivity index (χ1n) is 6.43. The second kappa shape index (κ2) is 5.48. The molecule has 0 spiro atoms. The van der Waals surface area contributed by atoms with Crippen LogP contribution in [-0.2, 0) is 4.74 Å². The Morgan fingerprint density at radius 1 is 1.28 bits per heavy atom. The summed E-state index contributed by atoms with van der Waals surface area (Å²) < 4.78 is 10.8. The molecule has 100 valence electrons. The zero-order chi connectivity index (χ0) is 13.1. The van der Waals surface area contributed by atoms with Gasteiger partial charge in [-0.3, -0.25) is 0 Å². The number of nitrogen functional groups attached to an aromatic ring is 1. The van der Waals surface area contributed by atoms with E-state index in [2.05, 4.69) is 24.8 Å². The third-order valence-electron chi connectivity index (χ3n) is 3.38. The SMILES string of the molecule is COc1cc(N2CCOCC2)cc(C(C)C)c1N. The molecular weight excluding hydrogens is 228 g/mol. The van der Waals surface area contributed by atoms with Gasteiger partial charge in [-0.15, -0.1) is 0 Å². The van der Waals surface area contributed by atoms with Gasteiger partial charge in [0.05, 0.1) is 26.0 Å². The van der Waals surface area contributed by atoms with Gasteiger partial charge in [-0.25, -0.2) is 0 Å². The minimum Gasteiger partial charge on any atom is -0.495 e. The number of morpholine rings is 1. The first-order chi connectivity index (χ1) is 8.63. The molecule has 1 saturated heterocycles. The van der Waals surface area contributed by atoms with Crippen LogP contribution in [0.15, 0.2) is 12.1 Å². The highest BCUT2D eigenvalue weighted by Crippen LogP contribution is 2.35.